The van der Waals surface area contributed by atoms with Crippen molar-refractivity contribution in [3.05, 3.63) is 59.9 Å². The summed E-state index contributed by atoms with van der Waals surface area (Å²) in [6.07, 6.45) is 7.61. The van der Waals surface area contributed by atoms with E-state index >= 15 is 0 Å². The summed E-state index contributed by atoms with van der Waals surface area (Å²) in [6, 6.07) is 11.8. The van der Waals surface area contributed by atoms with Crippen LogP contribution in [0.25, 0.3) is 0 Å². The second-order valence-electron chi connectivity index (χ2n) is 5.89. The highest BCUT2D eigenvalue weighted by molar-refractivity contribution is 7.98. The van der Waals surface area contributed by atoms with E-state index in [1.807, 2.05) is 53.8 Å². The molecule has 0 aliphatic carbocycles. The van der Waals surface area contributed by atoms with E-state index in [9.17, 15) is 4.79 Å². The average Bonchev–Trinajstić information content (AvgIpc) is 2.67. The molecule has 0 atom stereocenters. The molecule has 2 heterocycles. The maximum atomic E-state index is 12.6. The van der Waals surface area contributed by atoms with Crippen LogP contribution in [0.3, 0.4) is 0 Å². The first kappa shape index (κ1) is 17.0. The van der Waals surface area contributed by atoms with Crippen LogP contribution in [0.1, 0.15) is 28.8 Å². The largest absolute Gasteiger partial charge is 0.373 e. The summed E-state index contributed by atoms with van der Waals surface area (Å²) in [5.74, 6) is 0.119. The molecular formula is C19H22N2O2S. The van der Waals surface area contributed by atoms with Crippen LogP contribution in [-0.4, -0.2) is 41.2 Å². The smallest absolute Gasteiger partial charge is 0.253 e. The third-order valence-corrected chi connectivity index (χ3v) is 5.02. The SMILES string of the molecule is CSc1ccc(C(=O)N2CCC(OCc3cccnc3)CC2)cc1. The van der Waals surface area contributed by atoms with E-state index in [-0.39, 0.29) is 12.0 Å². The first-order valence-corrected chi connectivity index (χ1v) is 9.42. The summed E-state index contributed by atoms with van der Waals surface area (Å²) in [5, 5.41) is 0. The van der Waals surface area contributed by atoms with Crippen molar-refractivity contribution in [1.29, 1.82) is 0 Å². The molecule has 3 rings (SSSR count). The first-order chi connectivity index (χ1) is 11.8. The molecule has 1 fully saturated rings. The van der Waals surface area contributed by atoms with Crippen molar-refractivity contribution in [2.75, 3.05) is 19.3 Å². The number of nitrogens with zero attached hydrogens (tertiary/aromatic N) is 2. The van der Waals surface area contributed by atoms with Gasteiger partial charge >= 0.3 is 0 Å². The number of thioether (sulfide) groups is 1. The van der Waals surface area contributed by atoms with Gasteiger partial charge in [-0.3, -0.25) is 9.78 Å². The van der Waals surface area contributed by atoms with Crippen LogP contribution >= 0.6 is 11.8 Å². The second kappa shape index (κ2) is 8.31. The third kappa shape index (κ3) is 4.36. The molecular weight excluding hydrogens is 320 g/mol. The topological polar surface area (TPSA) is 42.4 Å². The summed E-state index contributed by atoms with van der Waals surface area (Å²) in [4.78, 5) is 19.8. The van der Waals surface area contributed by atoms with Gasteiger partial charge in [0.15, 0.2) is 0 Å². The Morgan fingerprint density at radius 3 is 2.62 bits per heavy atom. The van der Waals surface area contributed by atoms with Gasteiger partial charge in [-0.2, -0.15) is 0 Å². The Morgan fingerprint density at radius 1 is 1.25 bits per heavy atom. The zero-order valence-corrected chi connectivity index (χ0v) is 14.7. The molecule has 0 radical (unpaired) electrons. The molecule has 0 spiro atoms. The van der Waals surface area contributed by atoms with E-state index in [2.05, 4.69) is 4.98 Å². The molecule has 5 heteroatoms. The number of hydrogen-bond acceptors (Lipinski definition) is 4. The van der Waals surface area contributed by atoms with Crippen molar-refractivity contribution >= 4 is 17.7 Å². The van der Waals surface area contributed by atoms with E-state index in [1.165, 1.54) is 4.90 Å². The molecule has 0 N–H and O–H groups in total. The van der Waals surface area contributed by atoms with Gasteiger partial charge in [-0.1, -0.05) is 6.07 Å². The molecule has 4 nitrogen and oxygen atoms in total. The Bertz CT molecular complexity index is 653. The lowest BCUT2D eigenvalue weighted by atomic mass is 10.1. The number of carbonyl (C=O) groups excluding carboxylic acids is 1. The average molecular weight is 342 g/mol. The van der Waals surface area contributed by atoms with Crippen LogP contribution in [0.2, 0.25) is 0 Å². The summed E-state index contributed by atoms with van der Waals surface area (Å²) in [6.45, 7) is 2.09. The maximum absolute atomic E-state index is 12.6. The Kier molecular flexibility index (Phi) is 5.88. The number of carbonyl (C=O) groups is 1. The Balaban J connectivity index is 1.48. The van der Waals surface area contributed by atoms with Crippen LogP contribution in [0.4, 0.5) is 0 Å². The van der Waals surface area contributed by atoms with E-state index in [1.54, 1.807) is 18.0 Å². The number of rotatable bonds is 5. The molecule has 1 amide bonds. The fourth-order valence-corrected chi connectivity index (χ4v) is 3.25. The number of hydrogen-bond donors (Lipinski definition) is 0. The highest BCUT2D eigenvalue weighted by atomic mass is 32.2. The van der Waals surface area contributed by atoms with Crippen molar-refractivity contribution in [2.45, 2.75) is 30.4 Å². The highest BCUT2D eigenvalue weighted by Gasteiger charge is 2.24. The summed E-state index contributed by atoms with van der Waals surface area (Å²) >= 11 is 1.68. The third-order valence-electron chi connectivity index (χ3n) is 4.27. The van der Waals surface area contributed by atoms with Crippen molar-refractivity contribution < 1.29 is 9.53 Å². The normalized spacial score (nSPS) is 15.5. The van der Waals surface area contributed by atoms with Gasteiger partial charge in [0, 0.05) is 35.9 Å². The van der Waals surface area contributed by atoms with Gasteiger partial charge in [-0.25, -0.2) is 0 Å². The van der Waals surface area contributed by atoms with Gasteiger partial charge in [-0.05, 0) is 55.0 Å². The Hall–Kier alpha value is -1.85. The molecule has 1 saturated heterocycles. The molecule has 1 aromatic heterocycles. The number of amides is 1. The zero-order valence-electron chi connectivity index (χ0n) is 13.9. The minimum absolute atomic E-state index is 0.119. The van der Waals surface area contributed by atoms with E-state index < -0.39 is 0 Å². The number of ether oxygens (including phenoxy) is 1. The second-order valence-corrected chi connectivity index (χ2v) is 6.77. The highest BCUT2D eigenvalue weighted by Crippen LogP contribution is 2.19. The van der Waals surface area contributed by atoms with E-state index in [0.717, 1.165) is 37.1 Å². The number of pyridine rings is 1. The van der Waals surface area contributed by atoms with E-state index in [0.29, 0.717) is 6.61 Å². The van der Waals surface area contributed by atoms with Crippen LogP contribution in [0, 0.1) is 0 Å². The Morgan fingerprint density at radius 2 is 2.00 bits per heavy atom. The molecule has 0 bridgehead atoms. The fourth-order valence-electron chi connectivity index (χ4n) is 2.84. The number of likely N-dealkylation sites (tertiary alicyclic amines) is 1. The summed E-state index contributed by atoms with van der Waals surface area (Å²) < 4.78 is 5.95. The zero-order chi connectivity index (χ0) is 16.8. The summed E-state index contributed by atoms with van der Waals surface area (Å²) in [5.41, 5.74) is 1.85. The van der Waals surface area contributed by atoms with Gasteiger partial charge in [-0.15, -0.1) is 11.8 Å². The predicted molar refractivity (Wildman–Crippen MR) is 96.2 cm³/mol. The van der Waals surface area contributed by atoms with Gasteiger partial charge in [0.25, 0.3) is 5.91 Å². The van der Waals surface area contributed by atoms with Crippen molar-refractivity contribution in [2.24, 2.45) is 0 Å². The number of piperidine rings is 1. The van der Waals surface area contributed by atoms with Crippen molar-refractivity contribution in [3.63, 3.8) is 0 Å². The molecule has 1 aliphatic rings. The van der Waals surface area contributed by atoms with Crippen LogP contribution in [0.5, 0.6) is 0 Å². The minimum atomic E-state index is 0.119. The fraction of sp³-hybridized carbons (Fsp3) is 0.368. The molecule has 1 aliphatic heterocycles. The van der Waals surface area contributed by atoms with Gasteiger partial charge < -0.3 is 9.64 Å². The van der Waals surface area contributed by atoms with E-state index in [4.69, 9.17) is 4.74 Å². The van der Waals surface area contributed by atoms with Crippen LogP contribution in [0.15, 0.2) is 53.7 Å². The molecule has 2 aromatic rings. The Labute approximate surface area is 147 Å². The molecule has 1 aromatic carbocycles. The van der Waals surface area contributed by atoms with Gasteiger partial charge in [0.1, 0.15) is 0 Å². The monoisotopic (exact) mass is 342 g/mol. The molecule has 126 valence electrons. The van der Waals surface area contributed by atoms with Gasteiger partial charge in [0.05, 0.1) is 12.7 Å². The van der Waals surface area contributed by atoms with Crippen LogP contribution in [-0.2, 0) is 11.3 Å². The lowest BCUT2D eigenvalue weighted by molar-refractivity contribution is -0.000469. The summed E-state index contributed by atoms with van der Waals surface area (Å²) in [7, 11) is 0. The van der Waals surface area contributed by atoms with Gasteiger partial charge in [0.2, 0.25) is 0 Å². The van der Waals surface area contributed by atoms with Crippen molar-refractivity contribution in [1.82, 2.24) is 9.88 Å². The quantitative estimate of drug-likeness (QED) is 0.778. The molecule has 0 unspecified atom stereocenters. The first-order valence-electron chi connectivity index (χ1n) is 8.20. The predicted octanol–water partition coefficient (Wildman–Crippen LogP) is 3.62. The number of aromatic nitrogens is 1. The standard InChI is InChI=1S/C19H22N2O2S/c1-24-18-6-4-16(5-7-18)19(22)21-11-8-17(9-12-21)23-14-15-3-2-10-20-13-15/h2-7,10,13,17H,8-9,11-12,14H2,1H3. The van der Waals surface area contributed by atoms with Crippen molar-refractivity contribution in [3.8, 4) is 0 Å². The molecule has 24 heavy (non-hydrogen) atoms. The minimum Gasteiger partial charge on any atom is -0.373 e. The van der Waals surface area contributed by atoms with Crippen LogP contribution < -0.4 is 0 Å². The number of benzene rings is 1. The molecule has 0 saturated carbocycles. The lowest BCUT2D eigenvalue weighted by Gasteiger charge is -2.32. The lowest BCUT2D eigenvalue weighted by Crippen LogP contribution is -2.40. The maximum Gasteiger partial charge on any atom is 0.253 e.